The highest BCUT2D eigenvalue weighted by Gasteiger charge is 2.61. The average Bonchev–Trinajstić information content (AvgIpc) is 2.21. The third kappa shape index (κ3) is 3.10. The van der Waals surface area contributed by atoms with E-state index in [0.29, 0.717) is 6.42 Å². The Morgan fingerprint density at radius 1 is 0.895 bits per heavy atom. The molecule has 0 rings (SSSR count). The molecule has 4 heteroatoms. The van der Waals surface area contributed by atoms with E-state index in [1.165, 1.54) is 13.8 Å². The third-order valence-corrected chi connectivity index (χ3v) is 4.40. The van der Waals surface area contributed by atoms with E-state index >= 15 is 0 Å². The van der Waals surface area contributed by atoms with Gasteiger partial charge in [0.15, 0.2) is 0 Å². The zero-order chi connectivity index (χ0) is 15.5. The third-order valence-electron chi connectivity index (χ3n) is 4.40. The standard InChI is InChI=1S/C15H28O4/c1-7-8-9-10-15(12(18)19,13(2,3)4)14(5,6)11(16)17/h7-10H2,1-6H3,(H,16,17)(H,18,19). The van der Waals surface area contributed by atoms with Crippen LogP contribution in [-0.2, 0) is 9.59 Å². The lowest BCUT2D eigenvalue weighted by molar-refractivity contribution is -0.184. The summed E-state index contributed by atoms with van der Waals surface area (Å²) in [5.74, 6) is -2.06. The molecule has 0 aliphatic rings. The Morgan fingerprint density at radius 2 is 1.37 bits per heavy atom. The predicted molar refractivity (Wildman–Crippen MR) is 75.1 cm³/mol. The second-order valence-corrected chi connectivity index (χ2v) is 6.85. The maximum absolute atomic E-state index is 12.0. The van der Waals surface area contributed by atoms with Crippen molar-refractivity contribution in [3.05, 3.63) is 0 Å². The van der Waals surface area contributed by atoms with Crippen LogP contribution < -0.4 is 0 Å². The van der Waals surface area contributed by atoms with Gasteiger partial charge < -0.3 is 10.2 Å². The molecule has 112 valence electrons. The summed E-state index contributed by atoms with van der Waals surface area (Å²) < 4.78 is 0. The SMILES string of the molecule is CCCCCC(C(=O)O)(C(C)(C)C)C(C)(C)C(=O)O. The van der Waals surface area contributed by atoms with Gasteiger partial charge in [-0.3, -0.25) is 9.59 Å². The van der Waals surface area contributed by atoms with Crippen molar-refractivity contribution in [1.29, 1.82) is 0 Å². The van der Waals surface area contributed by atoms with Crippen LogP contribution in [0.2, 0.25) is 0 Å². The molecule has 0 spiro atoms. The maximum atomic E-state index is 12.0. The van der Waals surface area contributed by atoms with Crippen LogP contribution in [0.3, 0.4) is 0 Å². The molecule has 0 bridgehead atoms. The van der Waals surface area contributed by atoms with Crippen molar-refractivity contribution in [2.24, 2.45) is 16.2 Å². The molecule has 0 fully saturated rings. The van der Waals surface area contributed by atoms with Crippen LogP contribution in [0.4, 0.5) is 0 Å². The van der Waals surface area contributed by atoms with Crippen LogP contribution in [0, 0.1) is 16.2 Å². The zero-order valence-corrected chi connectivity index (χ0v) is 13.0. The number of carboxylic acids is 2. The minimum atomic E-state index is -1.31. The van der Waals surface area contributed by atoms with Gasteiger partial charge in [0.2, 0.25) is 0 Å². The van der Waals surface area contributed by atoms with Crippen LogP contribution in [-0.4, -0.2) is 22.2 Å². The Bertz CT molecular complexity index is 339. The van der Waals surface area contributed by atoms with E-state index in [4.69, 9.17) is 0 Å². The molecular formula is C15H28O4. The molecule has 2 N–H and O–H groups in total. The molecule has 0 aliphatic carbocycles. The maximum Gasteiger partial charge on any atom is 0.311 e. The smallest absolute Gasteiger partial charge is 0.311 e. The molecule has 4 nitrogen and oxygen atoms in total. The minimum Gasteiger partial charge on any atom is -0.481 e. The number of carboxylic acid groups (broad SMARTS) is 2. The van der Waals surface area contributed by atoms with E-state index in [-0.39, 0.29) is 0 Å². The van der Waals surface area contributed by atoms with Gasteiger partial charge in [-0.05, 0) is 25.7 Å². The first kappa shape index (κ1) is 17.9. The first-order valence-corrected chi connectivity index (χ1v) is 6.92. The van der Waals surface area contributed by atoms with E-state index in [1.807, 2.05) is 27.7 Å². The molecule has 0 amide bonds. The summed E-state index contributed by atoms with van der Waals surface area (Å²) >= 11 is 0. The van der Waals surface area contributed by atoms with E-state index in [1.54, 1.807) is 0 Å². The number of unbranched alkanes of at least 4 members (excludes halogenated alkanes) is 2. The Kier molecular flexibility index (Phi) is 5.60. The molecular weight excluding hydrogens is 244 g/mol. The highest BCUT2D eigenvalue weighted by Crippen LogP contribution is 2.55. The van der Waals surface area contributed by atoms with Crippen molar-refractivity contribution in [3.63, 3.8) is 0 Å². The lowest BCUT2D eigenvalue weighted by Crippen LogP contribution is -2.56. The number of hydrogen-bond donors (Lipinski definition) is 2. The quantitative estimate of drug-likeness (QED) is 0.691. The molecule has 0 aromatic heterocycles. The summed E-state index contributed by atoms with van der Waals surface area (Å²) in [5.41, 5.74) is -3.22. The minimum absolute atomic E-state index is 0.388. The molecule has 0 aromatic carbocycles. The van der Waals surface area contributed by atoms with Crippen molar-refractivity contribution in [2.45, 2.75) is 67.2 Å². The van der Waals surface area contributed by atoms with Crippen molar-refractivity contribution in [2.75, 3.05) is 0 Å². The largest absolute Gasteiger partial charge is 0.481 e. The molecule has 1 unspecified atom stereocenters. The van der Waals surface area contributed by atoms with Gasteiger partial charge in [0.25, 0.3) is 0 Å². The number of hydrogen-bond acceptors (Lipinski definition) is 2. The summed E-state index contributed by atoms with van der Waals surface area (Å²) in [6.45, 7) is 10.6. The Hall–Kier alpha value is -1.06. The van der Waals surface area contributed by atoms with Crippen LogP contribution >= 0.6 is 0 Å². The summed E-state index contributed by atoms with van der Waals surface area (Å²) in [6, 6.07) is 0. The van der Waals surface area contributed by atoms with Crippen LogP contribution in [0.15, 0.2) is 0 Å². The van der Waals surface area contributed by atoms with Gasteiger partial charge in [0.1, 0.15) is 0 Å². The van der Waals surface area contributed by atoms with Gasteiger partial charge in [0.05, 0.1) is 10.8 Å². The van der Waals surface area contributed by atoms with Gasteiger partial charge in [-0.1, -0.05) is 47.0 Å². The number of carbonyl (C=O) groups is 2. The summed E-state index contributed by atoms with van der Waals surface area (Å²) in [4.78, 5) is 23.5. The molecule has 0 aliphatic heterocycles. The Morgan fingerprint density at radius 3 is 1.63 bits per heavy atom. The lowest BCUT2D eigenvalue weighted by Gasteiger charge is -2.49. The highest BCUT2D eigenvalue weighted by atomic mass is 16.4. The number of aliphatic carboxylic acids is 2. The van der Waals surface area contributed by atoms with E-state index in [2.05, 4.69) is 0 Å². The van der Waals surface area contributed by atoms with Gasteiger partial charge in [0, 0.05) is 0 Å². The molecule has 19 heavy (non-hydrogen) atoms. The summed E-state index contributed by atoms with van der Waals surface area (Å²) in [7, 11) is 0. The molecule has 0 aromatic rings. The highest BCUT2D eigenvalue weighted by molar-refractivity contribution is 5.86. The topological polar surface area (TPSA) is 74.6 Å². The molecule has 0 saturated heterocycles. The fourth-order valence-corrected chi connectivity index (χ4v) is 3.14. The molecule has 1 atom stereocenters. The predicted octanol–water partition coefficient (Wildman–Crippen LogP) is 3.79. The zero-order valence-electron chi connectivity index (χ0n) is 13.0. The first-order valence-electron chi connectivity index (χ1n) is 6.92. The second kappa shape index (κ2) is 5.93. The van der Waals surface area contributed by atoms with E-state index in [9.17, 15) is 19.8 Å². The van der Waals surface area contributed by atoms with E-state index < -0.39 is 28.2 Å². The van der Waals surface area contributed by atoms with Crippen molar-refractivity contribution < 1.29 is 19.8 Å². The summed E-state index contributed by atoms with van der Waals surface area (Å²) in [6.07, 6.45) is 3.02. The van der Waals surface area contributed by atoms with Crippen LogP contribution in [0.5, 0.6) is 0 Å². The summed E-state index contributed by atoms with van der Waals surface area (Å²) in [5, 5.41) is 19.3. The first-order chi connectivity index (χ1) is 8.45. The van der Waals surface area contributed by atoms with Crippen molar-refractivity contribution in [1.82, 2.24) is 0 Å². The molecule has 0 radical (unpaired) electrons. The van der Waals surface area contributed by atoms with Crippen molar-refractivity contribution in [3.8, 4) is 0 Å². The van der Waals surface area contributed by atoms with Gasteiger partial charge in [-0.15, -0.1) is 0 Å². The number of rotatable bonds is 7. The molecule has 0 saturated carbocycles. The second-order valence-electron chi connectivity index (χ2n) is 6.85. The normalized spacial score (nSPS) is 15.9. The van der Waals surface area contributed by atoms with Gasteiger partial charge in [-0.2, -0.15) is 0 Å². The Labute approximate surface area is 116 Å². The fraction of sp³-hybridized carbons (Fsp3) is 0.867. The Balaban J connectivity index is 5.80. The van der Waals surface area contributed by atoms with Gasteiger partial charge >= 0.3 is 11.9 Å². The van der Waals surface area contributed by atoms with Gasteiger partial charge in [-0.25, -0.2) is 0 Å². The van der Waals surface area contributed by atoms with E-state index in [0.717, 1.165) is 19.3 Å². The van der Waals surface area contributed by atoms with Crippen molar-refractivity contribution >= 4 is 11.9 Å². The fourth-order valence-electron chi connectivity index (χ4n) is 3.14. The monoisotopic (exact) mass is 272 g/mol. The van der Waals surface area contributed by atoms with Crippen LogP contribution in [0.1, 0.15) is 67.2 Å². The molecule has 0 heterocycles. The van der Waals surface area contributed by atoms with Crippen LogP contribution in [0.25, 0.3) is 0 Å². The average molecular weight is 272 g/mol. The lowest BCUT2D eigenvalue weighted by atomic mass is 9.51.